The predicted molar refractivity (Wildman–Crippen MR) is 75.8 cm³/mol. The van der Waals surface area contributed by atoms with Crippen LogP contribution in [0.2, 0.25) is 0 Å². The first-order valence-corrected chi connectivity index (χ1v) is 8.08. The van der Waals surface area contributed by atoms with Gasteiger partial charge in [-0.1, -0.05) is 27.2 Å². The number of hydrogen-bond donors (Lipinski definition) is 1. The topological polar surface area (TPSA) is 37.3 Å². The van der Waals surface area contributed by atoms with Crippen LogP contribution >= 0.6 is 0 Å². The molecule has 3 fully saturated rings. The summed E-state index contributed by atoms with van der Waals surface area (Å²) in [6, 6.07) is 0. The largest absolute Gasteiger partial charge is 0.481 e. The number of carbonyl (C=O) groups is 1. The van der Waals surface area contributed by atoms with Gasteiger partial charge in [-0.25, -0.2) is 0 Å². The molecule has 0 aliphatic heterocycles. The lowest BCUT2D eigenvalue weighted by atomic mass is 9.63. The average molecular weight is 264 g/mol. The normalized spacial score (nSPS) is 47.1. The van der Waals surface area contributed by atoms with Crippen molar-refractivity contribution in [3.63, 3.8) is 0 Å². The van der Waals surface area contributed by atoms with Crippen LogP contribution in [0.4, 0.5) is 0 Å². The summed E-state index contributed by atoms with van der Waals surface area (Å²) in [6.45, 7) is 7.42. The van der Waals surface area contributed by atoms with Gasteiger partial charge in [0.25, 0.3) is 0 Å². The summed E-state index contributed by atoms with van der Waals surface area (Å²) in [5.74, 6) is 2.60. The zero-order chi connectivity index (χ0) is 13.8. The Morgan fingerprint density at radius 3 is 2.63 bits per heavy atom. The smallest absolute Gasteiger partial charge is 0.303 e. The van der Waals surface area contributed by atoms with Gasteiger partial charge in [0.2, 0.25) is 0 Å². The maximum absolute atomic E-state index is 11.0. The van der Waals surface area contributed by atoms with Gasteiger partial charge in [-0.05, 0) is 66.6 Å². The molecule has 3 aliphatic rings. The molecule has 0 unspecified atom stereocenters. The van der Waals surface area contributed by atoms with E-state index >= 15 is 0 Å². The highest BCUT2D eigenvalue weighted by atomic mass is 16.4. The molecule has 5 atom stereocenters. The summed E-state index contributed by atoms with van der Waals surface area (Å²) in [4.78, 5) is 11.0. The van der Waals surface area contributed by atoms with Crippen molar-refractivity contribution >= 4 is 5.97 Å². The maximum atomic E-state index is 11.0. The van der Waals surface area contributed by atoms with Gasteiger partial charge < -0.3 is 5.11 Å². The van der Waals surface area contributed by atoms with Crippen molar-refractivity contribution in [1.29, 1.82) is 0 Å². The van der Waals surface area contributed by atoms with E-state index in [1.807, 2.05) is 0 Å². The molecule has 19 heavy (non-hydrogen) atoms. The van der Waals surface area contributed by atoms with Gasteiger partial charge in [0.15, 0.2) is 0 Å². The van der Waals surface area contributed by atoms with Gasteiger partial charge in [-0.15, -0.1) is 0 Å². The van der Waals surface area contributed by atoms with Gasteiger partial charge in [-0.2, -0.15) is 0 Å². The van der Waals surface area contributed by atoms with E-state index in [9.17, 15) is 4.79 Å². The Hall–Kier alpha value is -0.530. The van der Waals surface area contributed by atoms with Crippen LogP contribution in [0.15, 0.2) is 0 Å². The Bertz CT molecular complexity index is 387. The molecule has 0 radical (unpaired) electrons. The molecule has 3 aliphatic carbocycles. The summed E-state index contributed by atoms with van der Waals surface area (Å²) < 4.78 is 0. The zero-order valence-electron chi connectivity index (χ0n) is 12.6. The molecule has 3 saturated carbocycles. The van der Waals surface area contributed by atoms with Gasteiger partial charge >= 0.3 is 5.97 Å². The third-order valence-corrected chi connectivity index (χ3v) is 7.02. The zero-order valence-corrected chi connectivity index (χ0v) is 12.6. The molecule has 0 spiro atoms. The van der Waals surface area contributed by atoms with Crippen LogP contribution in [0.3, 0.4) is 0 Å². The lowest BCUT2D eigenvalue weighted by Gasteiger charge is -2.41. The van der Waals surface area contributed by atoms with E-state index in [1.54, 1.807) is 0 Å². The molecule has 0 saturated heterocycles. The van der Waals surface area contributed by atoms with E-state index in [2.05, 4.69) is 20.8 Å². The first kappa shape index (κ1) is 13.5. The third kappa shape index (κ3) is 1.86. The minimum atomic E-state index is -0.613. The summed E-state index contributed by atoms with van der Waals surface area (Å²) in [5.41, 5.74) is 0.915. The van der Waals surface area contributed by atoms with Crippen LogP contribution in [0, 0.1) is 34.5 Å². The molecular formula is C17H28O2. The van der Waals surface area contributed by atoms with Gasteiger partial charge in [0.05, 0.1) is 0 Å². The van der Waals surface area contributed by atoms with Crippen LogP contribution in [0.1, 0.15) is 65.7 Å². The van der Waals surface area contributed by atoms with E-state index in [0.717, 1.165) is 24.2 Å². The number of hydrogen-bond acceptors (Lipinski definition) is 1. The van der Waals surface area contributed by atoms with Gasteiger partial charge in [-0.3, -0.25) is 4.79 Å². The average Bonchev–Trinajstić information content (AvgIpc) is 2.78. The minimum Gasteiger partial charge on any atom is -0.481 e. The lowest BCUT2D eigenvalue weighted by Crippen LogP contribution is -2.34. The van der Waals surface area contributed by atoms with Crippen molar-refractivity contribution in [3.05, 3.63) is 0 Å². The second-order valence-corrected chi connectivity index (χ2v) is 8.26. The summed E-state index contributed by atoms with van der Waals surface area (Å²) in [7, 11) is 0. The number of carboxylic acid groups (broad SMARTS) is 1. The fourth-order valence-corrected chi connectivity index (χ4v) is 6.39. The van der Waals surface area contributed by atoms with Crippen molar-refractivity contribution in [2.45, 2.75) is 65.7 Å². The molecule has 0 aromatic heterocycles. The third-order valence-electron chi connectivity index (χ3n) is 7.02. The van der Waals surface area contributed by atoms with Gasteiger partial charge in [0.1, 0.15) is 0 Å². The van der Waals surface area contributed by atoms with Crippen LogP contribution in [0.5, 0.6) is 0 Å². The van der Waals surface area contributed by atoms with Crippen molar-refractivity contribution in [2.24, 2.45) is 34.5 Å². The molecule has 3 rings (SSSR count). The lowest BCUT2D eigenvalue weighted by molar-refractivity contribution is -0.137. The Balaban J connectivity index is 1.90. The maximum Gasteiger partial charge on any atom is 0.303 e. The van der Waals surface area contributed by atoms with Crippen LogP contribution in [-0.2, 0) is 4.79 Å². The number of aliphatic carboxylic acids is 1. The Morgan fingerprint density at radius 2 is 1.95 bits per heavy atom. The highest BCUT2D eigenvalue weighted by molar-refractivity contribution is 5.66. The molecule has 0 aromatic rings. The van der Waals surface area contributed by atoms with E-state index in [4.69, 9.17) is 5.11 Å². The van der Waals surface area contributed by atoms with E-state index in [1.165, 1.54) is 32.1 Å². The Kier molecular flexibility index (Phi) is 3.00. The highest BCUT2D eigenvalue weighted by Gasteiger charge is 2.64. The standard InChI is InChI=1S/C17H28O2/c1-16(2)9-4-10-17(3)12(7-8-14(18)19)11-5-6-13(17)15(11)16/h11-13,15H,4-10H2,1-3H3,(H,18,19)/t11-,12+,13-,15-,17-/m1/s1. The second kappa shape index (κ2) is 4.23. The summed E-state index contributed by atoms with van der Waals surface area (Å²) in [6.07, 6.45) is 8.09. The SMILES string of the molecule is CC1(C)CCC[C@@]2(C)[C@@H]3CC[C@@H]([C@H]31)[C@@H]2CCC(=O)O. The van der Waals surface area contributed by atoms with Crippen molar-refractivity contribution in [2.75, 3.05) is 0 Å². The van der Waals surface area contributed by atoms with Gasteiger partial charge in [0, 0.05) is 6.42 Å². The molecule has 108 valence electrons. The fourth-order valence-electron chi connectivity index (χ4n) is 6.39. The molecule has 4 bridgehead atoms. The fraction of sp³-hybridized carbons (Fsp3) is 0.941. The van der Waals surface area contributed by atoms with Crippen LogP contribution in [-0.4, -0.2) is 11.1 Å². The number of rotatable bonds is 3. The number of carboxylic acids is 1. The van der Waals surface area contributed by atoms with Crippen LogP contribution < -0.4 is 0 Å². The molecule has 0 aromatic carbocycles. The first-order valence-electron chi connectivity index (χ1n) is 8.08. The van der Waals surface area contributed by atoms with E-state index < -0.39 is 5.97 Å². The first-order chi connectivity index (χ1) is 8.86. The minimum absolute atomic E-state index is 0.372. The monoisotopic (exact) mass is 264 g/mol. The predicted octanol–water partition coefficient (Wildman–Crippen LogP) is 4.34. The van der Waals surface area contributed by atoms with E-state index in [0.29, 0.717) is 23.2 Å². The van der Waals surface area contributed by atoms with Crippen LogP contribution in [0.25, 0.3) is 0 Å². The Morgan fingerprint density at radius 1 is 1.21 bits per heavy atom. The Labute approximate surface area is 117 Å². The molecule has 2 heteroatoms. The van der Waals surface area contributed by atoms with Crippen molar-refractivity contribution in [3.8, 4) is 0 Å². The van der Waals surface area contributed by atoms with E-state index in [-0.39, 0.29) is 0 Å². The summed E-state index contributed by atoms with van der Waals surface area (Å²) in [5, 5.41) is 9.03. The molecule has 1 N–H and O–H groups in total. The quantitative estimate of drug-likeness (QED) is 0.823. The highest BCUT2D eigenvalue weighted by Crippen LogP contribution is 2.71. The van der Waals surface area contributed by atoms with Crippen molar-refractivity contribution < 1.29 is 9.90 Å². The van der Waals surface area contributed by atoms with Crippen molar-refractivity contribution in [1.82, 2.24) is 0 Å². The molecule has 0 amide bonds. The molecule has 0 heterocycles. The summed E-state index contributed by atoms with van der Waals surface area (Å²) >= 11 is 0. The molecule has 2 nitrogen and oxygen atoms in total. The second-order valence-electron chi connectivity index (χ2n) is 8.26. The molecular weight excluding hydrogens is 236 g/mol.